The van der Waals surface area contributed by atoms with Crippen molar-refractivity contribution in [2.24, 2.45) is 5.92 Å². The van der Waals surface area contributed by atoms with Crippen molar-refractivity contribution in [2.75, 3.05) is 18.5 Å². The summed E-state index contributed by atoms with van der Waals surface area (Å²) in [6, 6.07) is 2.38. The first-order valence-electron chi connectivity index (χ1n) is 6.53. The quantitative estimate of drug-likeness (QED) is 0.686. The van der Waals surface area contributed by atoms with E-state index in [2.05, 4.69) is 5.32 Å². The van der Waals surface area contributed by atoms with Crippen molar-refractivity contribution in [3.05, 3.63) is 33.9 Å². The Labute approximate surface area is 123 Å². The molecule has 0 spiro atoms. The zero-order valence-electron chi connectivity index (χ0n) is 11.4. The number of hydrogen-bond acceptors (Lipinski definition) is 4. The molecule has 22 heavy (non-hydrogen) atoms. The van der Waals surface area contributed by atoms with Crippen LogP contribution in [0.2, 0.25) is 0 Å². The molecular weight excluding hydrogens is 305 g/mol. The number of hydrogen-bond donors (Lipinski definition) is 1. The Morgan fingerprint density at radius 1 is 1.41 bits per heavy atom. The highest BCUT2D eigenvalue weighted by atomic mass is 19.4. The summed E-state index contributed by atoms with van der Waals surface area (Å²) < 4.78 is 43.7. The maximum absolute atomic E-state index is 12.8. The van der Waals surface area contributed by atoms with Crippen molar-refractivity contribution in [3.8, 4) is 0 Å². The summed E-state index contributed by atoms with van der Waals surface area (Å²) in [5, 5.41) is 13.0. The van der Waals surface area contributed by atoms with Gasteiger partial charge in [-0.05, 0) is 25.0 Å². The molecule has 0 aromatic heterocycles. The second-order valence-electron chi connectivity index (χ2n) is 4.89. The van der Waals surface area contributed by atoms with Gasteiger partial charge in [0, 0.05) is 18.4 Å². The first-order chi connectivity index (χ1) is 10.3. The highest BCUT2D eigenvalue weighted by molar-refractivity contribution is 5.93. The fraction of sp³-hybridized carbons (Fsp3) is 0.462. The molecule has 6 nitrogen and oxygen atoms in total. The van der Waals surface area contributed by atoms with Gasteiger partial charge in [0.25, 0.3) is 5.69 Å². The number of benzene rings is 1. The number of halogens is 3. The summed E-state index contributed by atoms with van der Waals surface area (Å²) in [5.74, 6) is -0.889. The van der Waals surface area contributed by atoms with Crippen LogP contribution in [0, 0.1) is 16.0 Å². The van der Waals surface area contributed by atoms with E-state index in [1.807, 2.05) is 0 Å². The van der Waals surface area contributed by atoms with Crippen molar-refractivity contribution in [3.63, 3.8) is 0 Å². The fourth-order valence-electron chi connectivity index (χ4n) is 2.19. The average Bonchev–Trinajstić information content (AvgIpc) is 2.47. The van der Waals surface area contributed by atoms with Crippen molar-refractivity contribution in [1.82, 2.24) is 0 Å². The van der Waals surface area contributed by atoms with E-state index in [9.17, 15) is 28.1 Å². The Bertz CT molecular complexity index is 583. The van der Waals surface area contributed by atoms with Crippen LogP contribution in [0.15, 0.2) is 18.2 Å². The molecule has 0 aliphatic carbocycles. The molecule has 120 valence electrons. The van der Waals surface area contributed by atoms with Gasteiger partial charge in [-0.15, -0.1) is 0 Å². The Balaban J connectivity index is 2.21. The number of rotatable bonds is 3. The average molecular weight is 318 g/mol. The van der Waals surface area contributed by atoms with Crippen molar-refractivity contribution < 1.29 is 27.6 Å². The topological polar surface area (TPSA) is 81.5 Å². The van der Waals surface area contributed by atoms with E-state index in [0.29, 0.717) is 25.5 Å². The third-order valence-corrected chi connectivity index (χ3v) is 3.30. The molecule has 1 heterocycles. The number of nitro benzene ring substituents is 1. The molecule has 1 aliphatic rings. The molecule has 1 aromatic rings. The minimum absolute atomic E-state index is 0.131. The molecule has 0 unspecified atom stereocenters. The number of amides is 1. The molecule has 1 N–H and O–H groups in total. The zero-order valence-corrected chi connectivity index (χ0v) is 11.4. The number of carbonyl (C=O) groups excluding carboxylic acids is 1. The standard InChI is InChI=1S/C13H13F3N2O4/c14-13(15,16)10-6-9(3-4-11(10)18(20)21)17-12(19)8-2-1-5-22-7-8/h3-4,6,8H,1-2,5,7H2,(H,17,19)/t8-/m0/s1. The molecule has 1 aliphatic heterocycles. The Morgan fingerprint density at radius 2 is 2.14 bits per heavy atom. The lowest BCUT2D eigenvalue weighted by Gasteiger charge is -2.21. The summed E-state index contributed by atoms with van der Waals surface area (Å²) in [5.41, 5.74) is -2.57. The minimum Gasteiger partial charge on any atom is -0.381 e. The number of anilines is 1. The minimum atomic E-state index is -4.88. The van der Waals surface area contributed by atoms with Gasteiger partial charge < -0.3 is 10.1 Å². The first-order valence-corrected chi connectivity index (χ1v) is 6.53. The molecule has 0 saturated carbocycles. The van der Waals surface area contributed by atoms with Crippen LogP contribution < -0.4 is 5.32 Å². The third kappa shape index (κ3) is 3.73. The summed E-state index contributed by atoms with van der Waals surface area (Å²) in [4.78, 5) is 21.5. The van der Waals surface area contributed by atoms with E-state index >= 15 is 0 Å². The number of carbonyl (C=O) groups is 1. The van der Waals surface area contributed by atoms with Gasteiger partial charge in [0.15, 0.2) is 0 Å². The smallest absolute Gasteiger partial charge is 0.381 e. The third-order valence-electron chi connectivity index (χ3n) is 3.30. The number of nitrogens with one attached hydrogen (secondary N) is 1. The second-order valence-corrected chi connectivity index (χ2v) is 4.89. The predicted octanol–water partition coefficient (Wildman–Crippen LogP) is 2.98. The van der Waals surface area contributed by atoms with Gasteiger partial charge in [0.2, 0.25) is 5.91 Å². The highest BCUT2D eigenvalue weighted by Crippen LogP contribution is 2.37. The molecule has 0 radical (unpaired) electrons. The van der Waals surface area contributed by atoms with E-state index in [-0.39, 0.29) is 12.3 Å². The van der Waals surface area contributed by atoms with Crippen molar-refractivity contribution >= 4 is 17.3 Å². The van der Waals surface area contributed by atoms with Crippen LogP contribution >= 0.6 is 0 Å². The highest BCUT2D eigenvalue weighted by Gasteiger charge is 2.38. The number of nitrogens with zero attached hydrogens (tertiary/aromatic N) is 1. The molecule has 1 amide bonds. The maximum atomic E-state index is 12.8. The summed E-state index contributed by atoms with van der Waals surface area (Å²) in [6.45, 7) is 0.768. The van der Waals surface area contributed by atoms with Crippen LogP contribution in [0.5, 0.6) is 0 Å². The monoisotopic (exact) mass is 318 g/mol. The molecule has 1 fully saturated rings. The molecule has 9 heteroatoms. The van der Waals surface area contributed by atoms with Gasteiger partial charge >= 0.3 is 6.18 Å². The van der Waals surface area contributed by atoms with Gasteiger partial charge in [0.05, 0.1) is 17.4 Å². The van der Waals surface area contributed by atoms with Crippen molar-refractivity contribution in [2.45, 2.75) is 19.0 Å². The van der Waals surface area contributed by atoms with Crippen LogP contribution in [0.1, 0.15) is 18.4 Å². The largest absolute Gasteiger partial charge is 0.423 e. The van der Waals surface area contributed by atoms with E-state index in [0.717, 1.165) is 12.1 Å². The Kier molecular flexibility index (Phi) is 4.65. The molecule has 1 aromatic carbocycles. The summed E-state index contributed by atoms with van der Waals surface area (Å²) in [7, 11) is 0. The molecule has 1 saturated heterocycles. The Morgan fingerprint density at radius 3 is 2.68 bits per heavy atom. The lowest BCUT2D eigenvalue weighted by Crippen LogP contribution is -2.30. The van der Waals surface area contributed by atoms with E-state index in [1.54, 1.807) is 0 Å². The number of alkyl halides is 3. The van der Waals surface area contributed by atoms with Gasteiger partial charge in [-0.2, -0.15) is 13.2 Å². The van der Waals surface area contributed by atoms with Crippen molar-refractivity contribution in [1.29, 1.82) is 0 Å². The SMILES string of the molecule is O=C(Nc1ccc([N+](=O)[O-])c(C(F)(F)F)c1)[C@H]1CCCOC1. The fourth-order valence-corrected chi connectivity index (χ4v) is 2.19. The Hall–Kier alpha value is -2.16. The number of ether oxygens (including phenoxy) is 1. The second kappa shape index (κ2) is 6.30. The summed E-state index contributed by atoms with van der Waals surface area (Å²) >= 11 is 0. The van der Waals surface area contributed by atoms with Crippen LogP contribution in [-0.2, 0) is 15.7 Å². The molecule has 2 rings (SSSR count). The van der Waals surface area contributed by atoms with Crippen LogP contribution in [0.3, 0.4) is 0 Å². The zero-order chi connectivity index (χ0) is 16.3. The lowest BCUT2D eigenvalue weighted by molar-refractivity contribution is -0.388. The summed E-state index contributed by atoms with van der Waals surface area (Å²) in [6.07, 6.45) is -3.59. The van der Waals surface area contributed by atoms with Crippen LogP contribution in [0.4, 0.5) is 24.5 Å². The molecule has 0 bridgehead atoms. The van der Waals surface area contributed by atoms with E-state index in [1.165, 1.54) is 0 Å². The predicted molar refractivity (Wildman–Crippen MR) is 70.3 cm³/mol. The van der Waals surface area contributed by atoms with Gasteiger partial charge in [-0.3, -0.25) is 14.9 Å². The van der Waals surface area contributed by atoms with Gasteiger partial charge in [-0.1, -0.05) is 0 Å². The van der Waals surface area contributed by atoms with Crippen LogP contribution in [-0.4, -0.2) is 24.0 Å². The normalized spacial score (nSPS) is 18.8. The van der Waals surface area contributed by atoms with E-state index in [4.69, 9.17) is 4.74 Å². The van der Waals surface area contributed by atoms with Crippen LogP contribution in [0.25, 0.3) is 0 Å². The lowest BCUT2D eigenvalue weighted by atomic mass is 10.0. The van der Waals surface area contributed by atoms with E-state index < -0.39 is 34.2 Å². The molecule has 1 atom stereocenters. The van der Waals surface area contributed by atoms with Gasteiger partial charge in [-0.25, -0.2) is 0 Å². The first kappa shape index (κ1) is 16.2. The number of nitro groups is 1. The maximum Gasteiger partial charge on any atom is 0.423 e. The molecular formula is C13H13F3N2O4. The van der Waals surface area contributed by atoms with Gasteiger partial charge in [0.1, 0.15) is 5.56 Å².